The number of piperidine rings is 5. The molecule has 0 N–H and O–H groups in total. The summed E-state index contributed by atoms with van der Waals surface area (Å²) in [5.74, 6) is 0. The summed E-state index contributed by atoms with van der Waals surface area (Å²) in [6.45, 7) is 5.86. The molecule has 0 radical (unpaired) electrons. The fourth-order valence-corrected chi connectivity index (χ4v) is 6.73. The Morgan fingerprint density at radius 2 is 1.08 bits per heavy atom. The molecule has 0 amide bonds. The third-order valence-corrected chi connectivity index (χ3v) is 9.19. The van der Waals surface area contributed by atoms with Gasteiger partial charge in [-0.2, -0.15) is 29.9 Å². The molecule has 7 atom stereocenters. The van der Waals surface area contributed by atoms with Crippen LogP contribution in [0.1, 0.15) is 83.5 Å². The van der Waals surface area contributed by atoms with E-state index in [4.69, 9.17) is 23.2 Å². The molecule has 0 aromatic heterocycles. The van der Waals surface area contributed by atoms with Gasteiger partial charge in [0.05, 0.1) is 0 Å². The predicted molar refractivity (Wildman–Crippen MR) is 165 cm³/mol. The number of alkyl halides is 2. The molecule has 39 heavy (non-hydrogen) atoms. The van der Waals surface area contributed by atoms with Gasteiger partial charge in [-0.05, 0) is 0 Å². The maximum Gasteiger partial charge on any atom is 8.00 e. The van der Waals surface area contributed by atoms with Crippen molar-refractivity contribution in [3.05, 3.63) is 55.8 Å². The van der Waals surface area contributed by atoms with E-state index in [-0.39, 0.29) is 19.5 Å². The third-order valence-electron chi connectivity index (χ3n) is 8.40. The first-order valence-electron chi connectivity index (χ1n) is 15.3. The molecule has 5 fully saturated rings. The first-order chi connectivity index (χ1) is 18.7. The molecular formula is C30H48Cl2N6Ru+2. The Labute approximate surface area is 261 Å². The van der Waals surface area contributed by atoms with Crippen LogP contribution in [0.2, 0.25) is 0 Å². The molecule has 6 aliphatic heterocycles. The average Bonchev–Trinajstić information content (AvgIpc) is 3.00. The van der Waals surface area contributed by atoms with Crippen LogP contribution in [0.3, 0.4) is 0 Å². The van der Waals surface area contributed by atoms with Gasteiger partial charge >= 0.3 is 19.5 Å². The van der Waals surface area contributed by atoms with Gasteiger partial charge in [-0.25, -0.2) is 0 Å². The number of rotatable bonds is 3. The Kier molecular flexibility index (Phi) is 16.9. The molecule has 6 heterocycles. The molecule has 6 rings (SSSR count). The van der Waals surface area contributed by atoms with Crippen molar-refractivity contribution in [1.29, 1.82) is 0 Å². The molecule has 218 valence electrons. The number of hydrogen-bond donors (Lipinski definition) is 0. The Bertz CT molecular complexity index is 672. The van der Waals surface area contributed by atoms with Gasteiger partial charge in [0, 0.05) is 10.8 Å². The van der Waals surface area contributed by atoms with Gasteiger partial charge in [0.1, 0.15) is 0 Å². The molecule has 6 aliphatic rings. The molecule has 6 nitrogen and oxygen atoms in total. The normalized spacial score (nSPS) is 36.9. The quantitative estimate of drug-likeness (QED) is 0.213. The summed E-state index contributed by atoms with van der Waals surface area (Å²) in [5.41, 5.74) is 1.19. The average molecular weight is 665 g/mol. The van der Waals surface area contributed by atoms with Crippen LogP contribution in [0.5, 0.6) is 0 Å². The van der Waals surface area contributed by atoms with Crippen molar-refractivity contribution in [1.82, 2.24) is 0 Å². The van der Waals surface area contributed by atoms with E-state index in [0.717, 1.165) is 65.0 Å². The van der Waals surface area contributed by atoms with Gasteiger partial charge in [0.15, 0.2) is 0 Å². The van der Waals surface area contributed by atoms with E-state index in [1.165, 1.54) is 63.5 Å². The summed E-state index contributed by atoms with van der Waals surface area (Å²) >= 11 is 12.3. The Balaban J connectivity index is 0.000000160. The molecule has 0 spiro atoms. The molecular weight excluding hydrogens is 616 g/mol. The third kappa shape index (κ3) is 12.2. The van der Waals surface area contributed by atoms with Crippen LogP contribution in [0.4, 0.5) is 0 Å². The molecule has 0 aliphatic carbocycles. The van der Waals surface area contributed by atoms with Crippen molar-refractivity contribution in [2.45, 2.75) is 124 Å². The molecule has 9 heteroatoms. The molecule has 7 unspecified atom stereocenters. The van der Waals surface area contributed by atoms with E-state index in [9.17, 15) is 0 Å². The summed E-state index contributed by atoms with van der Waals surface area (Å²) in [4.78, 5) is 0. The fourth-order valence-electron chi connectivity index (χ4n) is 6.17. The van der Waals surface area contributed by atoms with Crippen LogP contribution in [-0.4, -0.2) is 80.2 Å². The largest absolute Gasteiger partial charge is 8.00 e. The predicted octanol–water partition coefficient (Wildman–Crippen LogP) is 8.85. The van der Waals surface area contributed by atoms with Crippen molar-refractivity contribution < 1.29 is 19.5 Å². The minimum Gasteiger partial charge on any atom is -0.686 e. The van der Waals surface area contributed by atoms with Crippen LogP contribution >= 0.6 is 23.2 Å². The summed E-state index contributed by atoms with van der Waals surface area (Å²) in [5, 5.41) is 28.1. The number of allylic oxidation sites excluding steroid dienone is 2. The van der Waals surface area contributed by atoms with Crippen molar-refractivity contribution >= 4 is 23.2 Å². The minimum atomic E-state index is 0. The standard InChI is InChI=1S/C10H16Cl2N2.C10H18N2.C10H14N2.Ru/c11-7-1-3-13-9(5-7)10-6-8(12)2-4-14-10;2*1-3-7-11-9(5-1)10-6-2-4-8-12-10;/h7-10H,1-6H2;9-10H,1-8H2;1,3,5,10H,2,4,6-8H2;/q3*-2;+8. The minimum absolute atomic E-state index is 0. The maximum absolute atomic E-state index is 6.13. The van der Waals surface area contributed by atoms with Gasteiger partial charge in [0.25, 0.3) is 0 Å². The fraction of sp³-hybridized carbons (Fsp3) is 0.867. The molecule has 0 aromatic rings. The van der Waals surface area contributed by atoms with E-state index in [0.29, 0.717) is 41.0 Å². The second-order valence-electron chi connectivity index (χ2n) is 11.4. The van der Waals surface area contributed by atoms with Crippen molar-refractivity contribution in [3.63, 3.8) is 0 Å². The van der Waals surface area contributed by atoms with Crippen molar-refractivity contribution in [3.8, 4) is 0 Å². The molecule has 0 saturated carbocycles. The number of halogens is 2. The Morgan fingerprint density at radius 1 is 0.564 bits per heavy atom. The topological polar surface area (TPSA) is 84.6 Å². The van der Waals surface area contributed by atoms with E-state index < -0.39 is 0 Å². The van der Waals surface area contributed by atoms with Gasteiger partial charge in [0.2, 0.25) is 0 Å². The van der Waals surface area contributed by atoms with Gasteiger partial charge < -0.3 is 31.9 Å². The van der Waals surface area contributed by atoms with Gasteiger partial charge in [-0.3, -0.25) is 0 Å². The second kappa shape index (κ2) is 19.5. The van der Waals surface area contributed by atoms with Crippen molar-refractivity contribution in [2.75, 3.05) is 39.3 Å². The zero-order valence-electron chi connectivity index (χ0n) is 23.5. The second-order valence-corrected chi connectivity index (χ2v) is 12.6. The zero-order chi connectivity index (χ0) is 26.4. The van der Waals surface area contributed by atoms with Crippen LogP contribution in [-0.2, 0) is 19.5 Å². The van der Waals surface area contributed by atoms with E-state index in [1.807, 2.05) is 0 Å². The van der Waals surface area contributed by atoms with Gasteiger partial charge in [-0.1, -0.05) is 95.6 Å². The van der Waals surface area contributed by atoms with Gasteiger partial charge in [-0.15, -0.1) is 74.6 Å². The molecule has 0 bridgehead atoms. The Hall–Kier alpha value is 0.283. The van der Waals surface area contributed by atoms with Crippen LogP contribution in [0.25, 0.3) is 31.9 Å². The van der Waals surface area contributed by atoms with Crippen LogP contribution in [0, 0.1) is 0 Å². The number of hydrogen-bond acceptors (Lipinski definition) is 0. The first-order valence-corrected chi connectivity index (χ1v) is 16.2. The molecule has 0 aromatic carbocycles. The first kappa shape index (κ1) is 33.8. The van der Waals surface area contributed by atoms with E-state index in [1.54, 1.807) is 0 Å². The van der Waals surface area contributed by atoms with Crippen LogP contribution < -0.4 is 0 Å². The SMILES string of the molecule is C1=CC[N-]C(C2CCCC[N-]2)=C1.C1CCC(C2CCCC[N-]2)[N-]C1.ClC1CC[N-]C(C2CC(Cl)CC[N-]2)C1.[Ru+8]. The maximum atomic E-state index is 6.13. The zero-order valence-corrected chi connectivity index (χ0v) is 26.8. The Morgan fingerprint density at radius 3 is 1.49 bits per heavy atom. The van der Waals surface area contributed by atoms with E-state index in [2.05, 4.69) is 50.1 Å². The summed E-state index contributed by atoms with van der Waals surface area (Å²) in [7, 11) is 0. The van der Waals surface area contributed by atoms with Crippen molar-refractivity contribution in [2.24, 2.45) is 0 Å². The smallest absolute Gasteiger partial charge is 0.686 e. The summed E-state index contributed by atoms with van der Waals surface area (Å²) < 4.78 is 0. The summed E-state index contributed by atoms with van der Waals surface area (Å²) in [6, 6.07) is 2.28. The molecule has 5 saturated heterocycles. The van der Waals surface area contributed by atoms with Crippen LogP contribution in [0.15, 0.2) is 23.9 Å². The number of nitrogens with zero attached hydrogens (tertiary/aromatic N) is 6. The monoisotopic (exact) mass is 664 g/mol. The summed E-state index contributed by atoms with van der Waals surface area (Å²) in [6.07, 6.45) is 22.0. The van der Waals surface area contributed by atoms with E-state index >= 15 is 0 Å².